The summed E-state index contributed by atoms with van der Waals surface area (Å²) in [6, 6.07) is 1.67. The Labute approximate surface area is 99.2 Å². The zero-order valence-electron chi connectivity index (χ0n) is 10.2. The van der Waals surface area contributed by atoms with E-state index in [2.05, 4.69) is 5.32 Å². The minimum absolute atomic E-state index is 0.0901. The van der Waals surface area contributed by atoms with Crippen LogP contribution >= 0.6 is 0 Å². The number of hydrogen-bond acceptors (Lipinski definition) is 6. The average molecular weight is 238 g/mol. The third kappa shape index (κ3) is 2.97. The van der Waals surface area contributed by atoms with Gasteiger partial charge in [0.05, 0.1) is 0 Å². The first-order valence-corrected chi connectivity index (χ1v) is 5.14. The first-order valence-electron chi connectivity index (χ1n) is 5.14. The number of ether oxygens (including phenoxy) is 2. The van der Waals surface area contributed by atoms with Crippen LogP contribution in [0.15, 0.2) is 11.3 Å². The Kier molecular flexibility index (Phi) is 3.42. The maximum Gasteiger partial charge on any atom is 0.351 e. The summed E-state index contributed by atoms with van der Waals surface area (Å²) < 4.78 is 9.78. The van der Waals surface area contributed by atoms with Crippen molar-refractivity contribution >= 4 is 11.9 Å². The van der Waals surface area contributed by atoms with Crippen molar-refractivity contribution in [3.05, 3.63) is 11.3 Å². The standard InChI is InChI=1S/C11H14N2O4/c1-6(2)13-7(5-12)8-9(14)16-11(3,4)17-10(8)15/h6,13H,1-4H3. The summed E-state index contributed by atoms with van der Waals surface area (Å²) in [5.41, 5.74) is -0.522. The van der Waals surface area contributed by atoms with Gasteiger partial charge in [0.1, 0.15) is 11.8 Å². The Bertz CT molecular complexity index is 407. The third-order valence-corrected chi connectivity index (χ3v) is 1.88. The second kappa shape index (κ2) is 4.45. The fraction of sp³-hybridized carbons (Fsp3) is 0.545. The van der Waals surface area contributed by atoms with Crippen molar-refractivity contribution in [1.29, 1.82) is 5.26 Å². The Morgan fingerprint density at radius 3 is 2.12 bits per heavy atom. The van der Waals surface area contributed by atoms with Crippen molar-refractivity contribution in [3.8, 4) is 6.07 Å². The summed E-state index contributed by atoms with van der Waals surface area (Å²) in [4.78, 5) is 23.3. The van der Waals surface area contributed by atoms with E-state index in [1.807, 2.05) is 0 Å². The van der Waals surface area contributed by atoms with Crippen LogP contribution in [0.1, 0.15) is 27.7 Å². The van der Waals surface area contributed by atoms with Crippen LogP contribution < -0.4 is 5.32 Å². The smallest absolute Gasteiger partial charge is 0.351 e. The van der Waals surface area contributed by atoms with Gasteiger partial charge in [0.15, 0.2) is 5.57 Å². The Hall–Kier alpha value is -2.03. The first-order chi connectivity index (χ1) is 7.76. The number of hydrogen-bond donors (Lipinski definition) is 1. The van der Waals surface area contributed by atoms with Gasteiger partial charge in [-0.05, 0) is 13.8 Å². The zero-order chi connectivity index (χ0) is 13.2. The maximum absolute atomic E-state index is 11.6. The lowest BCUT2D eigenvalue weighted by atomic mass is 10.1. The molecule has 0 unspecified atom stereocenters. The van der Waals surface area contributed by atoms with Crippen LogP contribution in [-0.4, -0.2) is 23.8 Å². The number of nitrogens with one attached hydrogen (secondary N) is 1. The lowest BCUT2D eigenvalue weighted by Crippen LogP contribution is -2.43. The van der Waals surface area contributed by atoms with Gasteiger partial charge >= 0.3 is 11.9 Å². The molecular formula is C11H14N2O4. The topological polar surface area (TPSA) is 88.4 Å². The molecule has 0 bridgehead atoms. The molecule has 0 aromatic heterocycles. The molecule has 0 aromatic carbocycles. The van der Waals surface area contributed by atoms with Gasteiger partial charge in [-0.2, -0.15) is 5.26 Å². The molecule has 1 heterocycles. The summed E-state index contributed by atoms with van der Waals surface area (Å²) in [5, 5.41) is 11.6. The van der Waals surface area contributed by atoms with E-state index >= 15 is 0 Å². The van der Waals surface area contributed by atoms with Gasteiger partial charge in [-0.3, -0.25) is 0 Å². The number of carbonyl (C=O) groups is 2. The monoisotopic (exact) mass is 238 g/mol. The maximum atomic E-state index is 11.6. The lowest BCUT2D eigenvalue weighted by Gasteiger charge is -2.30. The molecule has 1 N–H and O–H groups in total. The van der Waals surface area contributed by atoms with Crippen LogP contribution in [0.2, 0.25) is 0 Å². The number of allylic oxidation sites excluding steroid dienone is 1. The molecule has 17 heavy (non-hydrogen) atoms. The lowest BCUT2D eigenvalue weighted by molar-refractivity contribution is -0.222. The molecule has 0 aliphatic carbocycles. The Morgan fingerprint density at radius 2 is 1.76 bits per heavy atom. The van der Waals surface area contributed by atoms with Crippen LogP contribution in [0.3, 0.4) is 0 Å². The SMILES string of the molecule is CC(C)NC(C#N)=C1C(=O)OC(C)(C)OC1=O. The van der Waals surface area contributed by atoms with Gasteiger partial charge in [-0.25, -0.2) is 9.59 Å². The van der Waals surface area contributed by atoms with E-state index in [-0.39, 0.29) is 17.3 Å². The zero-order valence-corrected chi connectivity index (χ0v) is 10.2. The van der Waals surface area contributed by atoms with Crippen molar-refractivity contribution in [2.24, 2.45) is 0 Å². The highest BCUT2D eigenvalue weighted by molar-refractivity contribution is 6.16. The molecule has 1 saturated heterocycles. The number of esters is 2. The highest BCUT2D eigenvalue weighted by Crippen LogP contribution is 2.23. The average Bonchev–Trinajstić information content (AvgIpc) is 2.12. The molecule has 0 atom stereocenters. The molecule has 1 aliphatic rings. The van der Waals surface area contributed by atoms with Gasteiger partial charge in [-0.1, -0.05) is 0 Å². The summed E-state index contributed by atoms with van der Waals surface area (Å²) in [6.07, 6.45) is 0. The van der Waals surface area contributed by atoms with Gasteiger partial charge < -0.3 is 14.8 Å². The number of carbonyl (C=O) groups excluding carboxylic acids is 2. The molecule has 0 aromatic rings. The first kappa shape index (κ1) is 13.0. The molecule has 1 aliphatic heterocycles. The number of cyclic esters (lactones) is 2. The summed E-state index contributed by atoms with van der Waals surface area (Å²) >= 11 is 0. The highest BCUT2D eigenvalue weighted by atomic mass is 16.7. The van der Waals surface area contributed by atoms with E-state index in [0.29, 0.717) is 0 Å². The quantitative estimate of drug-likeness (QED) is 0.328. The fourth-order valence-electron chi connectivity index (χ4n) is 1.31. The van der Waals surface area contributed by atoms with Crippen molar-refractivity contribution in [3.63, 3.8) is 0 Å². The molecule has 1 rings (SSSR count). The van der Waals surface area contributed by atoms with E-state index < -0.39 is 17.7 Å². The van der Waals surface area contributed by atoms with Crippen LogP contribution in [0.5, 0.6) is 0 Å². The van der Waals surface area contributed by atoms with E-state index in [0.717, 1.165) is 0 Å². The molecule has 0 radical (unpaired) electrons. The largest absolute Gasteiger partial charge is 0.419 e. The molecule has 1 fully saturated rings. The Balaban J connectivity index is 3.13. The molecule has 92 valence electrons. The minimum Gasteiger partial charge on any atom is -0.419 e. The highest BCUT2D eigenvalue weighted by Gasteiger charge is 2.41. The van der Waals surface area contributed by atoms with Crippen LogP contribution in [0, 0.1) is 11.3 Å². The molecule has 6 nitrogen and oxygen atoms in total. The number of nitrogens with zero attached hydrogens (tertiary/aromatic N) is 1. The van der Waals surface area contributed by atoms with E-state index in [9.17, 15) is 9.59 Å². The van der Waals surface area contributed by atoms with Crippen LogP contribution in [0.25, 0.3) is 0 Å². The van der Waals surface area contributed by atoms with Gasteiger partial charge in [0.2, 0.25) is 0 Å². The van der Waals surface area contributed by atoms with E-state index in [4.69, 9.17) is 14.7 Å². The van der Waals surface area contributed by atoms with Crippen LogP contribution in [0.4, 0.5) is 0 Å². The van der Waals surface area contributed by atoms with Crippen molar-refractivity contribution in [2.75, 3.05) is 0 Å². The predicted molar refractivity (Wildman–Crippen MR) is 57.2 cm³/mol. The van der Waals surface area contributed by atoms with Gasteiger partial charge in [0.25, 0.3) is 5.79 Å². The second-order valence-corrected chi connectivity index (χ2v) is 4.34. The second-order valence-electron chi connectivity index (χ2n) is 4.34. The molecule has 0 spiro atoms. The third-order valence-electron chi connectivity index (χ3n) is 1.88. The van der Waals surface area contributed by atoms with Gasteiger partial charge in [0, 0.05) is 19.9 Å². The van der Waals surface area contributed by atoms with Gasteiger partial charge in [-0.15, -0.1) is 0 Å². The molecule has 0 amide bonds. The van der Waals surface area contributed by atoms with E-state index in [1.165, 1.54) is 13.8 Å². The minimum atomic E-state index is -1.30. The number of rotatable bonds is 2. The Morgan fingerprint density at radius 1 is 1.29 bits per heavy atom. The number of nitriles is 1. The van der Waals surface area contributed by atoms with Crippen molar-refractivity contribution < 1.29 is 19.1 Å². The summed E-state index contributed by atoms with van der Waals surface area (Å²) in [5.74, 6) is -3.00. The van der Waals surface area contributed by atoms with E-state index in [1.54, 1.807) is 19.9 Å². The summed E-state index contributed by atoms with van der Waals surface area (Å²) in [6.45, 7) is 6.45. The fourth-order valence-corrected chi connectivity index (χ4v) is 1.31. The molecule has 0 saturated carbocycles. The molecule has 6 heteroatoms. The summed E-state index contributed by atoms with van der Waals surface area (Å²) in [7, 11) is 0. The normalized spacial score (nSPS) is 18.2. The predicted octanol–water partition coefficient (Wildman–Crippen LogP) is 0.598. The van der Waals surface area contributed by atoms with Crippen LogP contribution in [-0.2, 0) is 19.1 Å². The molecular weight excluding hydrogens is 224 g/mol. The van der Waals surface area contributed by atoms with Crippen molar-refractivity contribution in [1.82, 2.24) is 5.32 Å². The van der Waals surface area contributed by atoms with Crippen molar-refractivity contribution in [2.45, 2.75) is 39.5 Å².